The third-order valence-electron chi connectivity index (χ3n) is 1.32. The van der Waals surface area contributed by atoms with E-state index in [0.717, 1.165) is 6.92 Å². The Morgan fingerprint density at radius 2 is 1.92 bits per heavy atom. The van der Waals surface area contributed by atoms with Crippen LogP contribution in [0.4, 0.5) is 0 Å². The molecule has 1 amide bonds. The largest absolute Gasteiger partial charge is 0.473 e. The number of hydrogen-bond acceptors (Lipinski definition) is 5. The molecule has 7 heteroatoms. The van der Waals surface area contributed by atoms with E-state index in [2.05, 4.69) is 4.74 Å². The third-order valence-corrected chi connectivity index (χ3v) is 1.32. The van der Waals surface area contributed by atoms with Crippen molar-refractivity contribution in [2.45, 2.75) is 12.5 Å². The second-order valence-corrected chi connectivity index (χ2v) is 2.45. The Hall–Kier alpha value is -1.63. The molecule has 0 aliphatic rings. The van der Waals surface area contributed by atoms with E-state index in [-0.39, 0.29) is 0 Å². The summed E-state index contributed by atoms with van der Waals surface area (Å²) in [6.45, 7) is 0.136. The molecule has 1 atom stereocenters. The normalized spacial score (nSPS) is 14.3. The molecule has 0 aromatic heterocycles. The number of carboxylic acid groups (broad SMARTS) is 1. The lowest BCUT2D eigenvalue weighted by molar-refractivity contribution is -0.179. The van der Waals surface area contributed by atoms with Gasteiger partial charge in [0.2, 0.25) is 5.60 Å². The fourth-order valence-corrected chi connectivity index (χ4v) is 0.409. The number of rotatable bonds is 3. The zero-order chi connectivity index (χ0) is 10.6. The Labute approximate surface area is 73.1 Å². The molecule has 0 aromatic rings. The molecule has 4 N–H and O–H groups in total. The molecule has 0 saturated heterocycles. The molecular weight excluding hydrogens is 182 g/mol. The van der Waals surface area contributed by atoms with Crippen LogP contribution in [-0.2, 0) is 19.1 Å². The lowest BCUT2D eigenvalue weighted by atomic mass is 10.1. The van der Waals surface area contributed by atoms with E-state index in [0.29, 0.717) is 0 Å². The standard InChI is InChI=1S/C6H9NO6/c1-6(2-8,5(7)12)13-4(11)3(9)10/h8H,2H2,1H3,(H2,7,12)(H,9,10). The maximum Gasteiger partial charge on any atom is 0.418 e. The van der Waals surface area contributed by atoms with Crippen molar-refractivity contribution in [3.05, 3.63) is 0 Å². The minimum atomic E-state index is -1.99. The maximum atomic E-state index is 10.6. The quantitative estimate of drug-likeness (QED) is 0.344. The summed E-state index contributed by atoms with van der Waals surface area (Å²) in [5.74, 6) is -4.62. The molecule has 0 rings (SSSR count). The van der Waals surface area contributed by atoms with Crippen molar-refractivity contribution in [1.82, 2.24) is 0 Å². The minimum absolute atomic E-state index is 0.874. The van der Waals surface area contributed by atoms with Gasteiger partial charge < -0.3 is 20.7 Å². The van der Waals surface area contributed by atoms with E-state index in [4.69, 9.17) is 15.9 Å². The number of aliphatic hydroxyl groups is 1. The van der Waals surface area contributed by atoms with Crippen LogP contribution < -0.4 is 5.73 Å². The lowest BCUT2D eigenvalue weighted by Crippen LogP contribution is -2.49. The van der Waals surface area contributed by atoms with Crippen LogP contribution >= 0.6 is 0 Å². The summed E-state index contributed by atoms with van der Waals surface area (Å²) in [5, 5.41) is 16.7. The first-order chi connectivity index (χ1) is 5.83. The van der Waals surface area contributed by atoms with Gasteiger partial charge in [0.15, 0.2) is 0 Å². The molecule has 1 unspecified atom stereocenters. The topological polar surface area (TPSA) is 127 Å². The summed E-state index contributed by atoms with van der Waals surface area (Å²) in [5.41, 5.74) is 2.77. The monoisotopic (exact) mass is 191 g/mol. The Morgan fingerprint density at radius 3 is 2.15 bits per heavy atom. The average molecular weight is 191 g/mol. The summed E-state index contributed by atoms with van der Waals surface area (Å²) >= 11 is 0. The number of amides is 1. The Kier molecular flexibility index (Phi) is 3.37. The van der Waals surface area contributed by atoms with Gasteiger partial charge in [0, 0.05) is 0 Å². The van der Waals surface area contributed by atoms with Crippen molar-refractivity contribution in [3.8, 4) is 0 Å². The zero-order valence-corrected chi connectivity index (χ0v) is 6.81. The van der Waals surface area contributed by atoms with Crippen LogP contribution in [0.1, 0.15) is 6.92 Å². The first-order valence-corrected chi connectivity index (χ1v) is 3.20. The molecular formula is C6H9NO6. The van der Waals surface area contributed by atoms with Gasteiger partial charge in [0.1, 0.15) is 0 Å². The first-order valence-electron chi connectivity index (χ1n) is 3.20. The van der Waals surface area contributed by atoms with Gasteiger partial charge in [-0.3, -0.25) is 4.79 Å². The number of carbonyl (C=O) groups excluding carboxylic acids is 2. The van der Waals surface area contributed by atoms with Gasteiger partial charge in [-0.15, -0.1) is 0 Å². The molecule has 0 heterocycles. The summed E-state index contributed by atoms with van der Waals surface area (Å²) in [6, 6.07) is 0. The molecule has 0 aromatic carbocycles. The average Bonchev–Trinajstić information content (AvgIpc) is 2.03. The minimum Gasteiger partial charge on any atom is -0.473 e. The van der Waals surface area contributed by atoms with Crippen LogP contribution in [0.25, 0.3) is 0 Å². The third kappa shape index (κ3) is 2.71. The number of carboxylic acids is 1. The lowest BCUT2D eigenvalue weighted by Gasteiger charge is -2.22. The summed E-state index contributed by atoms with van der Waals surface area (Å²) < 4.78 is 4.15. The highest BCUT2D eigenvalue weighted by atomic mass is 16.6. The number of aliphatic hydroxyl groups excluding tert-OH is 1. The fourth-order valence-electron chi connectivity index (χ4n) is 0.409. The van der Waals surface area contributed by atoms with Gasteiger partial charge in [-0.25, -0.2) is 9.59 Å². The molecule has 0 bridgehead atoms. The second-order valence-electron chi connectivity index (χ2n) is 2.45. The van der Waals surface area contributed by atoms with Crippen molar-refractivity contribution in [2.75, 3.05) is 6.61 Å². The van der Waals surface area contributed by atoms with Gasteiger partial charge in [0.05, 0.1) is 6.61 Å². The van der Waals surface area contributed by atoms with Crippen LogP contribution in [0.5, 0.6) is 0 Å². The highest BCUT2D eigenvalue weighted by Gasteiger charge is 2.36. The maximum absolute atomic E-state index is 10.6. The molecule has 13 heavy (non-hydrogen) atoms. The first kappa shape index (κ1) is 11.4. The fraction of sp³-hybridized carbons (Fsp3) is 0.500. The van der Waals surface area contributed by atoms with Crippen molar-refractivity contribution < 1.29 is 29.3 Å². The SMILES string of the molecule is CC(CO)(OC(=O)C(=O)O)C(N)=O. The molecule has 0 fully saturated rings. The van der Waals surface area contributed by atoms with E-state index < -0.39 is 30.1 Å². The highest BCUT2D eigenvalue weighted by molar-refractivity contribution is 6.29. The van der Waals surface area contributed by atoms with E-state index in [1.807, 2.05) is 0 Å². The number of carbonyl (C=O) groups is 3. The number of nitrogens with two attached hydrogens (primary N) is 1. The second kappa shape index (κ2) is 3.85. The number of aliphatic carboxylic acids is 1. The van der Waals surface area contributed by atoms with Gasteiger partial charge >= 0.3 is 11.9 Å². The van der Waals surface area contributed by atoms with Crippen molar-refractivity contribution in [1.29, 1.82) is 0 Å². The summed E-state index contributed by atoms with van der Waals surface area (Å²) in [4.78, 5) is 31.1. The Bertz CT molecular complexity index is 250. The molecule has 0 aliphatic heterocycles. The Balaban J connectivity index is 4.55. The molecule has 74 valence electrons. The van der Waals surface area contributed by atoms with E-state index in [1.165, 1.54) is 0 Å². The predicted molar refractivity (Wildman–Crippen MR) is 38.4 cm³/mol. The summed E-state index contributed by atoms with van der Waals surface area (Å²) in [6.07, 6.45) is 0. The van der Waals surface area contributed by atoms with Crippen molar-refractivity contribution in [2.24, 2.45) is 5.73 Å². The molecule has 0 radical (unpaired) electrons. The van der Waals surface area contributed by atoms with Crippen molar-refractivity contribution >= 4 is 17.8 Å². The number of primary amides is 1. The molecule has 0 saturated carbocycles. The van der Waals surface area contributed by atoms with Crippen LogP contribution in [0.15, 0.2) is 0 Å². The van der Waals surface area contributed by atoms with Crippen LogP contribution in [-0.4, -0.2) is 40.3 Å². The predicted octanol–water partition coefficient (Wildman–Crippen LogP) is -2.15. The van der Waals surface area contributed by atoms with E-state index in [9.17, 15) is 14.4 Å². The van der Waals surface area contributed by atoms with E-state index in [1.54, 1.807) is 0 Å². The molecule has 0 aliphatic carbocycles. The number of esters is 1. The zero-order valence-electron chi connectivity index (χ0n) is 6.81. The Morgan fingerprint density at radius 1 is 1.46 bits per heavy atom. The van der Waals surface area contributed by atoms with Crippen LogP contribution in [0.2, 0.25) is 0 Å². The van der Waals surface area contributed by atoms with Crippen molar-refractivity contribution in [3.63, 3.8) is 0 Å². The van der Waals surface area contributed by atoms with Gasteiger partial charge in [-0.05, 0) is 6.92 Å². The smallest absolute Gasteiger partial charge is 0.418 e. The van der Waals surface area contributed by atoms with Gasteiger partial charge in [-0.2, -0.15) is 0 Å². The van der Waals surface area contributed by atoms with Gasteiger partial charge in [-0.1, -0.05) is 0 Å². The molecule has 7 nitrogen and oxygen atoms in total. The number of hydrogen-bond donors (Lipinski definition) is 3. The van der Waals surface area contributed by atoms with Gasteiger partial charge in [0.25, 0.3) is 5.91 Å². The number of ether oxygens (including phenoxy) is 1. The van der Waals surface area contributed by atoms with Crippen LogP contribution in [0, 0.1) is 0 Å². The summed E-state index contributed by atoms with van der Waals surface area (Å²) in [7, 11) is 0. The van der Waals surface area contributed by atoms with E-state index >= 15 is 0 Å². The highest BCUT2D eigenvalue weighted by Crippen LogP contribution is 2.08. The molecule has 0 spiro atoms. The van der Waals surface area contributed by atoms with Crippen LogP contribution in [0.3, 0.4) is 0 Å².